The standard InChI is InChI=1S/C24H33NO6S/c1-4-6-7-8-9-10-17(3)31-19-12-11-18(15-20(19)30-5-2)16-21-23(28)25(24(29)32-21)14-13-22(26)27/h11-12,15-17H,4-10,13-14H2,1-3H3,(H,26,27). The third-order valence-electron chi connectivity index (χ3n) is 5.03. The topological polar surface area (TPSA) is 93.1 Å². The number of nitrogens with zero attached hydrogens (tertiary/aromatic N) is 1. The molecule has 7 nitrogen and oxygen atoms in total. The van der Waals surface area contributed by atoms with Gasteiger partial charge in [0, 0.05) is 6.54 Å². The molecule has 1 saturated heterocycles. The molecule has 1 aliphatic heterocycles. The van der Waals surface area contributed by atoms with Crippen molar-refractivity contribution >= 4 is 35.0 Å². The van der Waals surface area contributed by atoms with Gasteiger partial charge in [-0.1, -0.05) is 38.7 Å². The van der Waals surface area contributed by atoms with Crippen LogP contribution in [0.4, 0.5) is 4.79 Å². The second-order valence-electron chi connectivity index (χ2n) is 7.75. The Morgan fingerprint density at radius 3 is 2.59 bits per heavy atom. The smallest absolute Gasteiger partial charge is 0.305 e. The number of carboxylic acids is 1. The minimum Gasteiger partial charge on any atom is -0.490 e. The fraction of sp³-hybridized carbons (Fsp3) is 0.542. The van der Waals surface area contributed by atoms with Gasteiger partial charge in [-0.15, -0.1) is 0 Å². The summed E-state index contributed by atoms with van der Waals surface area (Å²) in [5.41, 5.74) is 0.705. The molecule has 0 aliphatic carbocycles. The van der Waals surface area contributed by atoms with Gasteiger partial charge in [0.1, 0.15) is 0 Å². The van der Waals surface area contributed by atoms with Crippen LogP contribution >= 0.6 is 11.8 Å². The molecule has 1 N–H and O–H groups in total. The first-order valence-corrected chi connectivity index (χ1v) is 12.1. The summed E-state index contributed by atoms with van der Waals surface area (Å²) in [6.07, 6.45) is 8.46. The number of unbranched alkanes of at least 4 members (excludes halogenated alkanes) is 4. The van der Waals surface area contributed by atoms with Crippen molar-refractivity contribution in [1.82, 2.24) is 4.90 Å². The number of carbonyl (C=O) groups is 3. The zero-order valence-corrected chi connectivity index (χ0v) is 19.9. The lowest BCUT2D eigenvalue weighted by molar-refractivity contribution is -0.137. The highest BCUT2D eigenvalue weighted by molar-refractivity contribution is 8.18. The first-order chi connectivity index (χ1) is 15.3. The van der Waals surface area contributed by atoms with Crippen molar-refractivity contribution in [3.05, 3.63) is 28.7 Å². The molecule has 1 fully saturated rings. The van der Waals surface area contributed by atoms with Crippen LogP contribution < -0.4 is 9.47 Å². The van der Waals surface area contributed by atoms with Crippen molar-refractivity contribution in [3.8, 4) is 11.5 Å². The van der Waals surface area contributed by atoms with Crippen molar-refractivity contribution in [3.63, 3.8) is 0 Å². The molecule has 0 spiro atoms. The minimum atomic E-state index is -1.06. The summed E-state index contributed by atoms with van der Waals surface area (Å²) in [7, 11) is 0. The Hall–Kier alpha value is -2.48. The van der Waals surface area contributed by atoms with Crippen LogP contribution in [0.1, 0.15) is 71.3 Å². The molecule has 8 heteroatoms. The summed E-state index contributed by atoms with van der Waals surface area (Å²) in [6, 6.07) is 5.42. The summed E-state index contributed by atoms with van der Waals surface area (Å²) in [5.74, 6) is -0.291. The van der Waals surface area contributed by atoms with Crippen LogP contribution in [0.15, 0.2) is 23.1 Å². The second kappa shape index (κ2) is 13.2. The van der Waals surface area contributed by atoms with Crippen LogP contribution in [0.25, 0.3) is 6.08 Å². The maximum absolute atomic E-state index is 12.5. The molecule has 0 bridgehead atoms. The molecule has 0 radical (unpaired) electrons. The van der Waals surface area contributed by atoms with E-state index in [1.54, 1.807) is 12.1 Å². The van der Waals surface area contributed by atoms with Crippen LogP contribution in [0.2, 0.25) is 0 Å². The van der Waals surface area contributed by atoms with Gasteiger partial charge in [-0.2, -0.15) is 0 Å². The van der Waals surface area contributed by atoms with E-state index in [1.165, 1.54) is 25.7 Å². The molecule has 0 saturated carbocycles. The lowest BCUT2D eigenvalue weighted by atomic mass is 10.1. The molecule has 1 atom stereocenters. The molecule has 1 heterocycles. The number of benzene rings is 1. The first-order valence-electron chi connectivity index (χ1n) is 11.3. The van der Waals surface area contributed by atoms with Gasteiger partial charge < -0.3 is 14.6 Å². The molecule has 1 unspecified atom stereocenters. The predicted molar refractivity (Wildman–Crippen MR) is 126 cm³/mol. The lowest BCUT2D eigenvalue weighted by Gasteiger charge is -2.18. The van der Waals surface area contributed by atoms with Crippen LogP contribution in [0.5, 0.6) is 11.5 Å². The molecule has 32 heavy (non-hydrogen) atoms. The Balaban J connectivity index is 2.06. The highest BCUT2D eigenvalue weighted by Gasteiger charge is 2.35. The van der Waals surface area contributed by atoms with Gasteiger partial charge in [-0.3, -0.25) is 19.3 Å². The van der Waals surface area contributed by atoms with Crippen LogP contribution in [-0.2, 0) is 9.59 Å². The van der Waals surface area contributed by atoms with E-state index >= 15 is 0 Å². The molecule has 176 valence electrons. The molecule has 0 aromatic heterocycles. The molecule has 2 rings (SSSR count). The van der Waals surface area contributed by atoms with Gasteiger partial charge in [-0.25, -0.2) is 0 Å². The molecule has 1 aromatic carbocycles. The zero-order chi connectivity index (χ0) is 23.5. The third-order valence-corrected chi connectivity index (χ3v) is 5.94. The summed E-state index contributed by atoms with van der Waals surface area (Å²) in [4.78, 5) is 36.5. The number of carboxylic acid groups (broad SMARTS) is 1. The monoisotopic (exact) mass is 463 g/mol. The number of aliphatic carboxylic acids is 1. The molecule has 1 aromatic rings. The Kier molecular flexibility index (Phi) is 10.6. The Morgan fingerprint density at radius 1 is 1.16 bits per heavy atom. The van der Waals surface area contributed by atoms with E-state index in [9.17, 15) is 14.4 Å². The normalized spacial score (nSPS) is 16.0. The van der Waals surface area contributed by atoms with Crippen molar-refractivity contribution in [1.29, 1.82) is 0 Å². The van der Waals surface area contributed by atoms with Gasteiger partial charge in [-0.05, 0) is 62.2 Å². The number of imide groups is 1. The van der Waals surface area contributed by atoms with Crippen molar-refractivity contribution < 1.29 is 29.0 Å². The van der Waals surface area contributed by atoms with E-state index in [0.717, 1.165) is 29.5 Å². The van der Waals surface area contributed by atoms with Gasteiger partial charge in [0.2, 0.25) is 0 Å². The van der Waals surface area contributed by atoms with E-state index in [-0.39, 0.29) is 24.0 Å². The van der Waals surface area contributed by atoms with E-state index in [4.69, 9.17) is 14.6 Å². The number of ether oxygens (including phenoxy) is 2. The molecular weight excluding hydrogens is 430 g/mol. The number of rotatable bonds is 14. The average molecular weight is 464 g/mol. The second-order valence-corrected chi connectivity index (χ2v) is 8.74. The van der Waals surface area contributed by atoms with Gasteiger partial charge in [0.25, 0.3) is 11.1 Å². The Morgan fingerprint density at radius 2 is 1.91 bits per heavy atom. The molecule has 2 amide bonds. The number of hydrogen-bond donors (Lipinski definition) is 1. The number of thioether (sulfide) groups is 1. The molecule has 1 aliphatic rings. The van der Waals surface area contributed by atoms with E-state index < -0.39 is 17.1 Å². The van der Waals surface area contributed by atoms with Gasteiger partial charge >= 0.3 is 5.97 Å². The van der Waals surface area contributed by atoms with Gasteiger partial charge in [0.15, 0.2) is 11.5 Å². The van der Waals surface area contributed by atoms with Gasteiger partial charge in [0.05, 0.1) is 24.0 Å². The quantitative estimate of drug-likeness (QED) is 0.278. The summed E-state index contributed by atoms with van der Waals surface area (Å²) < 4.78 is 11.8. The number of hydrogen-bond acceptors (Lipinski definition) is 6. The third kappa shape index (κ3) is 7.89. The summed E-state index contributed by atoms with van der Waals surface area (Å²) >= 11 is 0.810. The Bertz CT molecular complexity index is 838. The van der Waals surface area contributed by atoms with Crippen molar-refractivity contribution in [2.75, 3.05) is 13.2 Å². The van der Waals surface area contributed by atoms with Crippen LogP contribution in [0, 0.1) is 0 Å². The van der Waals surface area contributed by atoms with Crippen LogP contribution in [-0.4, -0.2) is 46.4 Å². The minimum absolute atomic E-state index is 0.0624. The van der Waals surface area contributed by atoms with Crippen molar-refractivity contribution in [2.24, 2.45) is 0 Å². The SMILES string of the molecule is CCCCCCCC(C)Oc1ccc(C=C2SC(=O)N(CCC(=O)O)C2=O)cc1OCC. The van der Waals surface area contributed by atoms with E-state index in [0.29, 0.717) is 23.7 Å². The lowest BCUT2D eigenvalue weighted by Crippen LogP contribution is -2.30. The summed E-state index contributed by atoms with van der Waals surface area (Å²) in [5, 5.41) is 8.34. The maximum Gasteiger partial charge on any atom is 0.305 e. The largest absolute Gasteiger partial charge is 0.490 e. The fourth-order valence-corrected chi connectivity index (χ4v) is 4.21. The highest BCUT2D eigenvalue weighted by atomic mass is 32.2. The highest BCUT2D eigenvalue weighted by Crippen LogP contribution is 2.35. The van der Waals surface area contributed by atoms with E-state index in [1.807, 2.05) is 19.1 Å². The van der Waals surface area contributed by atoms with E-state index in [2.05, 4.69) is 13.8 Å². The Labute approximate surface area is 194 Å². The maximum atomic E-state index is 12.5. The number of carbonyl (C=O) groups excluding carboxylic acids is 2. The van der Waals surface area contributed by atoms with Crippen LogP contribution in [0.3, 0.4) is 0 Å². The average Bonchev–Trinajstić information content (AvgIpc) is 3.00. The first kappa shape index (κ1) is 25.8. The fourth-order valence-electron chi connectivity index (χ4n) is 3.34. The number of amides is 2. The zero-order valence-electron chi connectivity index (χ0n) is 19.1. The summed E-state index contributed by atoms with van der Waals surface area (Å²) in [6.45, 7) is 6.48. The predicted octanol–water partition coefficient (Wildman–Crippen LogP) is 5.72. The molecular formula is C24H33NO6S. The van der Waals surface area contributed by atoms with Crippen molar-refractivity contribution in [2.45, 2.75) is 71.8 Å².